The summed E-state index contributed by atoms with van der Waals surface area (Å²) in [6.45, 7) is 3.03. The second-order valence-corrected chi connectivity index (χ2v) is 4.31. The molecule has 1 aromatic rings. The molecule has 21 heavy (non-hydrogen) atoms. The Kier molecular flexibility index (Phi) is 7.03. The summed E-state index contributed by atoms with van der Waals surface area (Å²) in [6.07, 6.45) is 1.19. The van der Waals surface area contributed by atoms with Crippen LogP contribution < -0.4 is 15.8 Å². The SMILES string of the molecule is CCCOCCC(=O)Nc1ccc(/C(N)=N/O)cc1OC. The van der Waals surface area contributed by atoms with Gasteiger partial charge < -0.3 is 25.7 Å². The number of carbonyl (C=O) groups is 1. The molecule has 0 unspecified atom stereocenters. The summed E-state index contributed by atoms with van der Waals surface area (Å²) in [4.78, 5) is 11.8. The van der Waals surface area contributed by atoms with Crippen LogP contribution in [0.15, 0.2) is 23.4 Å². The van der Waals surface area contributed by atoms with Gasteiger partial charge in [0.1, 0.15) is 5.75 Å². The maximum Gasteiger partial charge on any atom is 0.226 e. The van der Waals surface area contributed by atoms with E-state index in [0.29, 0.717) is 30.2 Å². The van der Waals surface area contributed by atoms with Crippen molar-refractivity contribution in [3.8, 4) is 5.75 Å². The third-order valence-electron chi connectivity index (χ3n) is 2.70. The van der Waals surface area contributed by atoms with E-state index < -0.39 is 0 Å². The van der Waals surface area contributed by atoms with E-state index in [2.05, 4.69) is 10.5 Å². The van der Waals surface area contributed by atoms with Gasteiger partial charge in [-0.25, -0.2) is 0 Å². The van der Waals surface area contributed by atoms with Crippen molar-refractivity contribution in [1.29, 1.82) is 0 Å². The van der Waals surface area contributed by atoms with Crippen molar-refractivity contribution >= 4 is 17.4 Å². The standard InChI is InChI=1S/C14H21N3O4/c1-3-7-21-8-6-13(18)16-11-5-4-10(14(15)17-19)9-12(11)20-2/h4-5,9,19H,3,6-8H2,1-2H3,(H2,15,17)(H,16,18). The summed E-state index contributed by atoms with van der Waals surface area (Å²) >= 11 is 0. The Balaban J connectivity index is 2.68. The van der Waals surface area contributed by atoms with Crippen LogP contribution in [-0.4, -0.2) is 37.3 Å². The molecule has 7 heteroatoms. The van der Waals surface area contributed by atoms with E-state index in [9.17, 15) is 4.79 Å². The number of nitrogens with zero attached hydrogens (tertiary/aromatic N) is 1. The van der Waals surface area contributed by atoms with Gasteiger partial charge in [-0.3, -0.25) is 4.79 Å². The van der Waals surface area contributed by atoms with Crippen LogP contribution in [0.5, 0.6) is 5.75 Å². The lowest BCUT2D eigenvalue weighted by molar-refractivity contribution is -0.117. The monoisotopic (exact) mass is 295 g/mol. The number of ether oxygens (including phenoxy) is 2. The minimum Gasteiger partial charge on any atom is -0.495 e. The van der Waals surface area contributed by atoms with Crippen molar-refractivity contribution in [3.63, 3.8) is 0 Å². The molecular formula is C14H21N3O4. The molecule has 0 saturated carbocycles. The summed E-state index contributed by atoms with van der Waals surface area (Å²) in [7, 11) is 1.48. The van der Waals surface area contributed by atoms with Crippen LogP contribution in [0.2, 0.25) is 0 Å². The van der Waals surface area contributed by atoms with Crippen LogP contribution in [0.25, 0.3) is 0 Å². The zero-order valence-corrected chi connectivity index (χ0v) is 12.3. The van der Waals surface area contributed by atoms with Gasteiger partial charge in [-0.1, -0.05) is 12.1 Å². The molecule has 0 aliphatic rings. The Morgan fingerprint density at radius 3 is 2.81 bits per heavy atom. The van der Waals surface area contributed by atoms with Crippen LogP contribution in [0.3, 0.4) is 0 Å². The number of amides is 1. The predicted octanol–water partition coefficient (Wildman–Crippen LogP) is 1.54. The van der Waals surface area contributed by atoms with Gasteiger partial charge in [-0.15, -0.1) is 0 Å². The lowest BCUT2D eigenvalue weighted by Gasteiger charge is -2.11. The van der Waals surface area contributed by atoms with E-state index >= 15 is 0 Å². The van der Waals surface area contributed by atoms with Crippen molar-refractivity contribution < 1.29 is 19.5 Å². The summed E-state index contributed by atoms with van der Waals surface area (Å²) < 4.78 is 10.4. The van der Waals surface area contributed by atoms with E-state index in [1.54, 1.807) is 18.2 Å². The van der Waals surface area contributed by atoms with Gasteiger partial charge in [0, 0.05) is 12.2 Å². The minimum absolute atomic E-state index is 0.0286. The number of amidine groups is 1. The molecule has 0 saturated heterocycles. The number of rotatable bonds is 8. The topological polar surface area (TPSA) is 106 Å². The van der Waals surface area contributed by atoms with Gasteiger partial charge >= 0.3 is 0 Å². The number of nitrogens with one attached hydrogen (secondary N) is 1. The molecule has 1 amide bonds. The minimum atomic E-state index is -0.166. The third kappa shape index (κ3) is 5.31. The molecule has 0 heterocycles. The smallest absolute Gasteiger partial charge is 0.226 e. The van der Waals surface area contributed by atoms with Crippen molar-refractivity contribution in [2.24, 2.45) is 10.9 Å². The van der Waals surface area contributed by atoms with E-state index in [1.807, 2.05) is 6.92 Å². The van der Waals surface area contributed by atoms with E-state index in [1.165, 1.54) is 7.11 Å². The van der Waals surface area contributed by atoms with Gasteiger partial charge in [0.05, 0.1) is 25.8 Å². The molecule has 0 fully saturated rings. The highest BCUT2D eigenvalue weighted by Gasteiger charge is 2.10. The van der Waals surface area contributed by atoms with Crippen LogP contribution >= 0.6 is 0 Å². The van der Waals surface area contributed by atoms with Gasteiger partial charge in [0.2, 0.25) is 5.91 Å². The normalized spacial score (nSPS) is 11.2. The first kappa shape index (κ1) is 16.8. The first-order chi connectivity index (χ1) is 10.1. The number of oxime groups is 1. The highest BCUT2D eigenvalue weighted by molar-refractivity contribution is 5.99. The maximum atomic E-state index is 11.8. The Morgan fingerprint density at radius 2 is 2.19 bits per heavy atom. The van der Waals surface area contributed by atoms with E-state index in [-0.39, 0.29) is 18.2 Å². The Hall–Kier alpha value is -2.28. The van der Waals surface area contributed by atoms with Crippen molar-refractivity contribution in [2.75, 3.05) is 25.6 Å². The Labute approximate surface area is 123 Å². The molecule has 7 nitrogen and oxygen atoms in total. The van der Waals surface area contributed by atoms with Crippen LogP contribution in [0.1, 0.15) is 25.3 Å². The molecule has 116 valence electrons. The van der Waals surface area contributed by atoms with Gasteiger partial charge in [0.25, 0.3) is 0 Å². The molecule has 0 atom stereocenters. The van der Waals surface area contributed by atoms with Gasteiger partial charge in [-0.2, -0.15) is 0 Å². The largest absolute Gasteiger partial charge is 0.495 e. The maximum absolute atomic E-state index is 11.8. The third-order valence-corrected chi connectivity index (χ3v) is 2.70. The highest BCUT2D eigenvalue weighted by Crippen LogP contribution is 2.25. The number of benzene rings is 1. The molecule has 0 bridgehead atoms. The van der Waals surface area contributed by atoms with Crippen molar-refractivity contribution in [2.45, 2.75) is 19.8 Å². The molecule has 0 aliphatic carbocycles. The number of hydrogen-bond acceptors (Lipinski definition) is 5. The lowest BCUT2D eigenvalue weighted by atomic mass is 10.1. The molecule has 4 N–H and O–H groups in total. The summed E-state index contributed by atoms with van der Waals surface area (Å²) in [5, 5.41) is 14.3. The molecule has 0 aromatic heterocycles. The number of anilines is 1. The molecule has 0 aliphatic heterocycles. The number of nitrogens with two attached hydrogens (primary N) is 1. The van der Waals surface area contributed by atoms with E-state index in [4.69, 9.17) is 20.4 Å². The average molecular weight is 295 g/mol. The molecular weight excluding hydrogens is 274 g/mol. The van der Waals surface area contributed by atoms with Crippen molar-refractivity contribution in [3.05, 3.63) is 23.8 Å². The summed E-state index contributed by atoms with van der Waals surface area (Å²) in [5.41, 5.74) is 6.52. The zero-order valence-electron chi connectivity index (χ0n) is 12.3. The second kappa shape index (κ2) is 8.80. The zero-order chi connectivity index (χ0) is 15.7. The van der Waals surface area contributed by atoms with Crippen LogP contribution in [0, 0.1) is 0 Å². The van der Waals surface area contributed by atoms with Crippen LogP contribution in [0.4, 0.5) is 5.69 Å². The molecule has 0 radical (unpaired) electrons. The number of hydrogen-bond donors (Lipinski definition) is 3. The van der Waals surface area contributed by atoms with Gasteiger partial charge in [0.15, 0.2) is 5.84 Å². The summed E-state index contributed by atoms with van der Waals surface area (Å²) in [6, 6.07) is 4.84. The first-order valence-electron chi connectivity index (χ1n) is 6.65. The highest BCUT2D eigenvalue weighted by atomic mass is 16.5. The predicted molar refractivity (Wildman–Crippen MR) is 79.9 cm³/mol. The second-order valence-electron chi connectivity index (χ2n) is 4.31. The average Bonchev–Trinajstić information content (AvgIpc) is 2.51. The fourth-order valence-electron chi connectivity index (χ4n) is 1.64. The van der Waals surface area contributed by atoms with Gasteiger partial charge in [-0.05, 0) is 24.6 Å². The fourth-order valence-corrected chi connectivity index (χ4v) is 1.64. The van der Waals surface area contributed by atoms with Crippen molar-refractivity contribution in [1.82, 2.24) is 0 Å². The quantitative estimate of drug-likeness (QED) is 0.222. The first-order valence-corrected chi connectivity index (χ1v) is 6.65. The Morgan fingerprint density at radius 1 is 1.43 bits per heavy atom. The molecule has 0 spiro atoms. The fraction of sp³-hybridized carbons (Fsp3) is 0.429. The summed E-state index contributed by atoms with van der Waals surface area (Å²) in [5.74, 6) is 0.238. The van der Waals surface area contributed by atoms with Crippen LogP contribution in [-0.2, 0) is 9.53 Å². The lowest BCUT2D eigenvalue weighted by Crippen LogP contribution is -2.16. The number of methoxy groups -OCH3 is 1. The molecule has 1 aromatic carbocycles. The Bertz CT molecular complexity index is 503. The number of carbonyl (C=O) groups excluding carboxylic acids is 1. The molecule has 1 rings (SSSR count). The van der Waals surface area contributed by atoms with E-state index in [0.717, 1.165) is 6.42 Å².